The summed E-state index contributed by atoms with van der Waals surface area (Å²) in [5.41, 5.74) is 6.19. The monoisotopic (exact) mass is 350 g/mol. The highest BCUT2D eigenvalue weighted by Gasteiger charge is 2.15. The highest BCUT2D eigenvalue weighted by molar-refractivity contribution is 5.86. The maximum atomic E-state index is 11.8. The van der Waals surface area contributed by atoms with Crippen molar-refractivity contribution in [3.63, 3.8) is 0 Å². The quantitative estimate of drug-likeness (QED) is 0.661. The zero-order valence-corrected chi connectivity index (χ0v) is 14.4. The van der Waals surface area contributed by atoms with Gasteiger partial charge in [-0.1, -0.05) is 30.3 Å². The van der Waals surface area contributed by atoms with Crippen LogP contribution in [-0.2, 0) is 9.59 Å². The van der Waals surface area contributed by atoms with Gasteiger partial charge >= 0.3 is 0 Å². The van der Waals surface area contributed by atoms with Gasteiger partial charge in [0.05, 0.1) is 19.1 Å². The molecule has 22 heavy (non-hydrogen) atoms. The second kappa shape index (κ2) is 12.2. The number of hydrogen-bond donors (Lipinski definition) is 3. The number of carbonyl (C=O) groups excluding carboxylic acids is 2. The van der Waals surface area contributed by atoms with Crippen molar-refractivity contribution >= 4 is 36.6 Å². The Morgan fingerprint density at radius 3 is 2.23 bits per heavy atom. The number of benzene rings is 1. The van der Waals surface area contributed by atoms with E-state index in [9.17, 15) is 9.59 Å². The van der Waals surface area contributed by atoms with Crippen LogP contribution in [0.25, 0.3) is 0 Å². The van der Waals surface area contributed by atoms with Crippen molar-refractivity contribution in [2.45, 2.75) is 6.04 Å². The molecule has 0 spiro atoms. The van der Waals surface area contributed by atoms with E-state index >= 15 is 0 Å². The maximum Gasteiger partial charge on any atom is 0.239 e. The average Bonchev–Trinajstić information content (AvgIpc) is 2.44. The third-order valence-corrected chi connectivity index (χ3v) is 2.72. The molecule has 4 N–H and O–H groups in total. The van der Waals surface area contributed by atoms with Gasteiger partial charge in [0.15, 0.2) is 0 Å². The summed E-state index contributed by atoms with van der Waals surface area (Å²) in [6, 6.07) is 9.61. The number of nitrogens with two attached hydrogens (primary N) is 1. The number of hydrogen-bond acceptors (Lipinski definition) is 4. The smallest absolute Gasteiger partial charge is 0.239 e. The fourth-order valence-electron chi connectivity index (χ4n) is 1.78. The first kappa shape index (κ1) is 22.9. The molecule has 0 radical (unpaired) electrons. The van der Waals surface area contributed by atoms with Crippen LogP contribution in [-0.4, -0.2) is 50.4 Å². The summed E-state index contributed by atoms with van der Waals surface area (Å²) in [6.07, 6.45) is 0. The number of rotatable bonds is 7. The molecule has 2 amide bonds. The predicted molar refractivity (Wildman–Crippen MR) is 92.4 cm³/mol. The molecule has 0 fully saturated rings. The second-order valence-electron chi connectivity index (χ2n) is 4.77. The molecule has 126 valence electrons. The third-order valence-electron chi connectivity index (χ3n) is 2.72. The molecule has 0 aliphatic carbocycles. The Morgan fingerprint density at radius 2 is 1.73 bits per heavy atom. The van der Waals surface area contributed by atoms with Crippen LogP contribution in [0.5, 0.6) is 0 Å². The Bertz CT molecular complexity index is 444. The highest BCUT2D eigenvalue weighted by Crippen LogP contribution is 2.12. The fraction of sp³-hybridized carbons (Fsp3) is 0.429. The Labute approximate surface area is 143 Å². The van der Waals surface area contributed by atoms with Crippen LogP contribution < -0.4 is 16.4 Å². The predicted octanol–water partition coefficient (Wildman–Crippen LogP) is 0.324. The Hall–Kier alpha value is -1.34. The van der Waals surface area contributed by atoms with Crippen LogP contribution in [0.15, 0.2) is 30.3 Å². The minimum absolute atomic E-state index is 0. The van der Waals surface area contributed by atoms with Crippen LogP contribution in [0, 0.1) is 0 Å². The fourth-order valence-corrected chi connectivity index (χ4v) is 1.78. The van der Waals surface area contributed by atoms with Gasteiger partial charge in [0, 0.05) is 6.54 Å². The van der Waals surface area contributed by atoms with E-state index in [1.54, 1.807) is 0 Å². The van der Waals surface area contributed by atoms with E-state index in [2.05, 4.69) is 10.6 Å². The molecular weight excluding hydrogens is 327 g/mol. The van der Waals surface area contributed by atoms with Crippen molar-refractivity contribution in [1.82, 2.24) is 15.5 Å². The molecule has 1 rings (SSSR count). The molecule has 0 aliphatic rings. The van der Waals surface area contributed by atoms with Crippen LogP contribution in [0.4, 0.5) is 0 Å². The third kappa shape index (κ3) is 8.84. The summed E-state index contributed by atoms with van der Waals surface area (Å²) in [4.78, 5) is 24.9. The summed E-state index contributed by atoms with van der Waals surface area (Å²) >= 11 is 0. The van der Waals surface area contributed by atoms with E-state index in [0.717, 1.165) is 5.56 Å². The van der Waals surface area contributed by atoms with Crippen LogP contribution >= 0.6 is 24.8 Å². The molecule has 0 saturated heterocycles. The number of likely N-dealkylation sites (N-methyl/N-ethyl adjacent to an activating group) is 1. The number of amides is 2. The zero-order chi connectivity index (χ0) is 15.0. The van der Waals surface area contributed by atoms with Crippen molar-refractivity contribution in [2.24, 2.45) is 5.73 Å². The molecule has 0 aliphatic heterocycles. The van der Waals surface area contributed by atoms with Crippen molar-refractivity contribution in [1.29, 1.82) is 0 Å². The molecule has 1 unspecified atom stereocenters. The topological polar surface area (TPSA) is 87.5 Å². The van der Waals surface area contributed by atoms with E-state index in [-0.39, 0.29) is 55.8 Å². The Balaban J connectivity index is 0. The molecule has 1 aromatic carbocycles. The first-order valence-electron chi connectivity index (χ1n) is 6.48. The minimum atomic E-state index is -0.343. The molecule has 6 nitrogen and oxygen atoms in total. The normalized spacial score (nSPS) is 10.9. The summed E-state index contributed by atoms with van der Waals surface area (Å²) in [5.74, 6) is -0.577. The minimum Gasteiger partial charge on any atom is -0.346 e. The van der Waals surface area contributed by atoms with Gasteiger partial charge in [-0.3, -0.25) is 9.59 Å². The van der Waals surface area contributed by atoms with E-state index in [1.807, 2.05) is 49.3 Å². The first-order valence-corrected chi connectivity index (χ1v) is 6.48. The van der Waals surface area contributed by atoms with Crippen molar-refractivity contribution in [3.8, 4) is 0 Å². The van der Waals surface area contributed by atoms with E-state index in [1.165, 1.54) is 0 Å². The maximum absolute atomic E-state index is 11.8. The van der Waals surface area contributed by atoms with Crippen LogP contribution in [0.1, 0.15) is 11.6 Å². The summed E-state index contributed by atoms with van der Waals surface area (Å²) in [7, 11) is 3.89. The van der Waals surface area contributed by atoms with Gasteiger partial charge in [-0.05, 0) is 19.7 Å². The lowest BCUT2D eigenvalue weighted by atomic mass is 10.1. The number of nitrogens with zero attached hydrogens (tertiary/aromatic N) is 1. The van der Waals surface area contributed by atoms with Gasteiger partial charge < -0.3 is 21.3 Å². The highest BCUT2D eigenvalue weighted by atomic mass is 35.5. The standard InChI is InChI=1S/C14H22N4O2.2ClH/c1-18(2)10-12(11-6-4-3-5-7-11)17-14(20)9-16-13(19)8-15;;/h3-7,12H,8-10,15H2,1-2H3,(H,16,19)(H,17,20);2*1H. The molecule has 0 bridgehead atoms. The lowest BCUT2D eigenvalue weighted by molar-refractivity contribution is -0.125. The molecular formula is C14H24Cl2N4O2. The number of nitrogens with one attached hydrogen (secondary N) is 2. The van der Waals surface area contributed by atoms with E-state index < -0.39 is 0 Å². The number of carbonyl (C=O) groups is 2. The van der Waals surface area contributed by atoms with Gasteiger partial charge in [0.2, 0.25) is 11.8 Å². The van der Waals surface area contributed by atoms with E-state index in [0.29, 0.717) is 6.54 Å². The van der Waals surface area contributed by atoms with Crippen molar-refractivity contribution < 1.29 is 9.59 Å². The van der Waals surface area contributed by atoms with Gasteiger partial charge in [0.1, 0.15) is 0 Å². The molecule has 1 atom stereocenters. The van der Waals surface area contributed by atoms with Crippen molar-refractivity contribution in [3.05, 3.63) is 35.9 Å². The van der Waals surface area contributed by atoms with Gasteiger partial charge in [-0.25, -0.2) is 0 Å². The lowest BCUT2D eigenvalue weighted by Crippen LogP contribution is -2.42. The Morgan fingerprint density at radius 1 is 1.14 bits per heavy atom. The van der Waals surface area contributed by atoms with Gasteiger partial charge in [-0.15, -0.1) is 24.8 Å². The molecule has 0 heterocycles. The van der Waals surface area contributed by atoms with Crippen molar-refractivity contribution in [2.75, 3.05) is 33.7 Å². The summed E-state index contributed by atoms with van der Waals surface area (Å²) < 4.78 is 0. The zero-order valence-electron chi connectivity index (χ0n) is 12.7. The Kier molecular flexibility index (Phi) is 12.7. The average molecular weight is 351 g/mol. The van der Waals surface area contributed by atoms with E-state index in [4.69, 9.17) is 5.73 Å². The molecule has 0 aromatic heterocycles. The largest absolute Gasteiger partial charge is 0.346 e. The van der Waals surface area contributed by atoms with Gasteiger partial charge in [0.25, 0.3) is 0 Å². The first-order chi connectivity index (χ1) is 9.52. The lowest BCUT2D eigenvalue weighted by Gasteiger charge is -2.23. The van der Waals surface area contributed by atoms with Gasteiger partial charge in [-0.2, -0.15) is 0 Å². The molecule has 1 aromatic rings. The second-order valence-corrected chi connectivity index (χ2v) is 4.77. The number of halogens is 2. The molecule has 0 saturated carbocycles. The van der Waals surface area contributed by atoms with Crippen LogP contribution in [0.2, 0.25) is 0 Å². The SMILES string of the molecule is CN(C)CC(NC(=O)CNC(=O)CN)c1ccccc1.Cl.Cl. The summed E-state index contributed by atoms with van der Waals surface area (Å²) in [6.45, 7) is 0.500. The molecule has 8 heteroatoms. The summed E-state index contributed by atoms with van der Waals surface area (Å²) in [5, 5.41) is 5.36. The van der Waals surface area contributed by atoms with Crippen LogP contribution in [0.3, 0.4) is 0 Å².